The predicted molar refractivity (Wildman–Crippen MR) is 118 cm³/mol. The number of nitrogens with one attached hydrogen (secondary N) is 1. The lowest BCUT2D eigenvalue weighted by Gasteiger charge is -2.15. The molecule has 5 rings (SSSR count). The van der Waals surface area contributed by atoms with Crippen molar-refractivity contribution >= 4 is 23.1 Å². The van der Waals surface area contributed by atoms with Crippen molar-refractivity contribution < 1.29 is 4.39 Å². The van der Waals surface area contributed by atoms with Crippen molar-refractivity contribution in [1.29, 1.82) is 0 Å². The molecule has 0 atom stereocenters. The molecule has 0 unspecified atom stereocenters. The molecule has 1 aromatic carbocycles. The zero-order valence-electron chi connectivity index (χ0n) is 16.6. The number of hydrogen-bond donors (Lipinski definition) is 1. The first-order valence-electron chi connectivity index (χ1n) is 10.2. The summed E-state index contributed by atoms with van der Waals surface area (Å²) in [4.78, 5) is 13.9. The summed E-state index contributed by atoms with van der Waals surface area (Å²) in [5.74, 6) is 1.28. The van der Waals surface area contributed by atoms with Gasteiger partial charge < -0.3 is 5.32 Å². The Bertz CT molecular complexity index is 1210. The lowest BCUT2D eigenvalue weighted by Crippen LogP contribution is -2.15. The van der Waals surface area contributed by atoms with E-state index in [9.17, 15) is 4.39 Å². The van der Waals surface area contributed by atoms with Gasteiger partial charge in [0.15, 0.2) is 5.65 Å². The number of fused-ring (bicyclic) bond motifs is 1. The maximum absolute atomic E-state index is 13.5. The molecule has 0 spiro atoms. The Balaban J connectivity index is 1.66. The summed E-state index contributed by atoms with van der Waals surface area (Å²) < 4.78 is 15.6. The van der Waals surface area contributed by atoms with Gasteiger partial charge in [0, 0.05) is 23.9 Å². The number of rotatable bonds is 5. The monoisotopic (exact) mass is 399 g/mol. The van der Waals surface area contributed by atoms with Crippen LogP contribution in [0, 0.1) is 5.82 Å². The van der Waals surface area contributed by atoms with Gasteiger partial charge in [0.1, 0.15) is 17.5 Å². The smallest absolute Gasteiger partial charge is 0.179 e. The van der Waals surface area contributed by atoms with Crippen molar-refractivity contribution in [3.05, 3.63) is 72.8 Å². The molecule has 3 aromatic heterocycles. The first-order valence-corrected chi connectivity index (χ1v) is 10.2. The van der Waals surface area contributed by atoms with Gasteiger partial charge in [-0.3, -0.25) is 4.57 Å². The van der Waals surface area contributed by atoms with Crippen LogP contribution in [0.3, 0.4) is 0 Å². The quantitative estimate of drug-likeness (QED) is 0.473. The van der Waals surface area contributed by atoms with Gasteiger partial charge in [-0.1, -0.05) is 19.4 Å². The topological polar surface area (TPSA) is 55.6 Å². The van der Waals surface area contributed by atoms with Crippen molar-refractivity contribution in [1.82, 2.24) is 19.5 Å². The molecule has 30 heavy (non-hydrogen) atoms. The third-order valence-electron chi connectivity index (χ3n) is 5.56. The molecule has 1 aliphatic carbocycles. The van der Waals surface area contributed by atoms with Gasteiger partial charge >= 0.3 is 0 Å². The van der Waals surface area contributed by atoms with Crippen LogP contribution in [0.25, 0.3) is 34.3 Å². The number of benzene rings is 1. The average Bonchev–Trinajstić information content (AvgIpc) is 3.41. The highest BCUT2D eigenvalue weighted by Crippen LogP contribution is 2.30. The number of anilines is 1. The fourth-order valence-corrected chi connectivity index (χ4v) is 4.06. The standard InChI is InChI=1S/C24H22FN5/c1-2-18-11-12-21-23(28-18)29-24(16-7-9-17(25)10-8-16)30(21)20-13-14-26-22(15-20)27-19-5-3-4-6-19/h2,7-15,19H,1,3-6H2,(H,26,27). The Morgan fingerprint density at radius 2 is 1.83 bits per heavy atom. The number of nitrogens with zero attached hydrogens (tertiary/aromatic N) is 4. The van der Waals surface area contributed by atoms with E-state index in [-0.39, 0.29) is 5.82 Å². The number of halogens is 1. The zero-order chi connectivity index (χ0) is 20.5. The Morgan fingerprint density at radius 3 is 2.60 bits per heavy atom. The summed E-state index contributed by atoms with van der Waals surface area (Å²) in [5, 5.41) is 3.55. The minimum absolute atomic E-state index is 0.277. The normalized spacial score (nSPS) is 14.3. The van der Waals surface area contributed by atoms with Crippen molar-refractivity contribution in [3.8, 4) is 17.1 Å². The molecule has 3 heterocycles. The van der Waals surface area contributed by atoms with Crippen LogP contribution in [0.2, 0.25) is 0 Å². The Hall–Kier alpha value is -3.54. The Morgan fingerprint density at radius 1 is 1.03 bits per heavy atom. The van der Waals surface area contributed by atoms with E-state index >= 15 is 0 Å². The summed E-state index contributed by atoms with van der Waals surface area (Å²) in [7, 11) is 0. The minimum Gasteiger partial charge on any atom is -0.367 e. The summed E-state index contributed by atoms with van der Waals surface area (Å²) in [6, 6.07) is 14.7. The highest BCUT2D eigenvalue weighted by Gasteiger charge is 2.18. The maximum Gasteiger partial charge on any atom is 0.179 e. The van der Waals surface area contributed by atoms with Gasteiger partial charge in [-0.25, -0.2) is 19.3 Å². The summed E-state index contributed by atoms with van der Waals surface area (Å²) in [6.45, 7) is 3.80. The van der Waals surface area contributed by atoms with E-state index < -0.39 is 0 Å². The van der Waals surface area contributed by atoms with Crippen LogP contribution in [-0.4, -0.2) is 25.6 Å². The third-order valence-corrected chi connectivity index (χ3v) is 5.56. The van der Waals surface area contributed by atoms with Crippen LogP contribution in [0.5, 0.6) is 0 Å². The van der Waals surface area contributed by atoms with Crippen LogP contribution >= 0.6 is 0 Å². The Labute approximate surface area is 174 Å². The fraction of sp³-hybridized carbons (Fsp3) is 0.208. The molecule has 0 radical (unpaired) electrons. The number of imidazole rings is 1. The molecule has 1 saturated carbocycles. The van der Waals surface area contributed by atoms with Gasteiger partial charge in [-0.05, 0) is 61.4 Å². The molecule has 0 bridgehead atoms. The van der Waals surface area contributed by atoms with E-state index in [0.717, 1.165) is 28.3 Å². The second-order valence-electron chi connectivity index (χ2n) is 7.59. The van der Waals surface area contributed by atoms with E-state index in [2.05, 4.69) is 21.9 Å². The molecule has 0 saturated heterocycles. The molecular formula is C24H22FN5. The molecule has 150 valence electrons. The van der Waals surface area contributed by atoms with Crippen LogP contribution < -0.4 is 5.32 Å². The van der Waals surface area contributed by atoms with E-state index in [4.69, 9.17) is 4.98 Å². The highest BCUT2D eigenvalue weighted by molar-refractivity contribution is 5.81. The second-order valence-corrected chi connectivity index (χ2v) is 7.59. The van der Waals surface area contributed by atoms with Crippen LogP contribution in [-0.2, 0) is 0 Å². The number of pyridine rings is 2. The lowest BCUT2D eigenvalue weighted by molar-refractivity contribution is 0.628. The van der Waals surface area contributed by atoms with Gasteiger partial charge in [-0.15, -0.1) is 0 Å². The molecule has 6 heteroatoms. The van der Waals surface area contributed by atoms with Gasteiger partial charge in [0.05, 0.1) is 16.9 Å². The molecule has 1 fully saturated rings. The van der Waals surface area contributed by atoms with Crippen LogP contribution in [0.15, 0.2) is 61.3 Å². The van der Waals surface area contributed by atoms with E-state index in [0.29, 0.717) is 17.5 Å². The molecule has 1 aliphatic rings. The Kier molecular flexibility index (Phi) is 4.75. The first-order chi connectivity index (χ1) is 14.7. The molecule has 4 aromatic rings. The van der Waals surface area contributed by atoms with E-state index in [1.807, 2.05) is 28.8 Å². The van der Waals surface area contributed by atoms with Crippen molar-refractivity contribution in [2.24, 2.45) is 0 Å². The number of aromatic nitrogens is 4. The second kappa shape index (κ2) is 7.71. The van der Waals surface area contributed by atoms with Crippen molar-refractivity contribution in [3.63, 3.8) is 0 Å². The molecule has 5 nitrogen and oxygen atoms in total. The lowest BCUT2D eigenvalue weighted by atomic mass is 10.2. The fourth-order valence-electron chi connectivity index (χ4n) is 4.06. The van der Waals surface area contributed by atoms with Gasteiger partial charge in [0.25, 0.3) is 0 Å². The minimum atomic E-state index is -0.277. The van der Waals surface area contributed by atoms with Gasteiger partial charge in [0.2, 0.25) is 0 Å². The zero-order valence-corrected chi connectivity index (χ0v) is 16.6. The third kappa shape index (κ3) is 3.45. The largest absolute Gasteiger partial charge is 0.367 e. The molecule has 0 aliphatic heterocycles. The SMILES string of the molecule is C=Cc1ccc2c(n1)nc(-c1ccc(F)cc1)n2-c1ccnc(NC2CCCC2)c1. The van der Waals surface area contributed by atoms with Crippen LogP contribution in [0.1, 0.15) is 31.4 Å². The van der Waals surface area contributed by atoms with E-state index in [1.54, 1.807) is 24.4 Å². The number of hydrogen-bond acceptors (Lipinski definition) is 4. The predicted octanol–water partition coefficient (Wildman–Crippen LogP) is 5.62. The van der Waals surface area contributed by atoms with Crippen LogP contribution in [0.4, 0.5) is 10.2 Å². The first kappa shape index (κ1) is 18.5. The molecule has 0 amide bonds. The van der Waals surface area contributed by atoms with Crippen molar-refractivity contribution in [2.45, 2.75) is 31.7 Å². The maximum atomic E-state index is 13.5. The van der Waals surface area contributed by atoms with E-state index in [1.165, 1.54) is 37.8 Å². The summed E-state index contributed by atoms with van der Waals surface area (Å²) >= 11 is 0. The van der Waals surface area contributed by atoms with Crippen molar-refractivity contribution in [2.75, 3.05) is 5.32 Å². The average molecular weight is 399 g/mol. The molecular weight excluding hydrogens is 377 g/mol. The van der Waals surface area contributed by atoms with Gasteiger partial charge in [-0.2, -0.15) is 0 Å². The summed E-state index contributed by atoms with van der Waals surface area (Å²) in [6.07, 6.45) is 8.37. The molecule has 1 N–H and O–H groups in total. The summed E-state index contributed by atoms with van der Waals surface area (Å²) in [5.41, 5.74) is 4.00. The highest BCUT2D eigenvalue weighted by atomic mass is 19.1.